The van der Waals surface area contributed by atoms with E-state index in [4.69, 9.17) is 14.2 Å². The van der Waals surface area contributed by atoms with Crippen molar-refractivity contribution < 1.29 is 35.8 Å². The van der Waals surface area contributed by atoms with E-state index in [1.165, 1.54) is 44.4 Å². The molecular weight excluding hydrogens is 472 g/mol. The van der Waals surface area contributed by atoms with Crippen LogP contribution < -0.4 is 14.2 Å². The monoisotopic (exact) mass is 498 g/mol. The molecule has 0 radical (unpaired) electrons. The standard InChI is InChI=1S/C21H26N2O8S2/c1-23(2)33(27,28)18-6-3-5-16(13-18)15-31-21(24)9-10-22-32(25,26)17-7-8-19-20(14-17)30-12-4-11-29-19/h3,5-8,13-14,22H,4,9-12,15H2,1-2H3. The van der Waals surface area contributed by atoms with E-state index in [1.807, 2.05) is 0 Å². The van der Waals surface area contributed by atoms with Crippen LogP contribution >= 0.6 is 0 Å². The van der Waals surface area contributed by atoms with Crippen LogP contribution in [0.5, 0.6) is 11.5 Å². The molecule has 0 atom stereocenters. The number of carbonyl (C=O) groups is 1. The fourth-order valence-corrected chi connectivity index (χ4v) is 4.94. The third-order valence-electron chi connectivity index (χ3n) is 4.73. The van der Waals surface area contributed by atoms with Crippen LogP contribution in [0.25, 0.3) is 0 Å². The van der Waals surface area contributed by atoms with Gasteiger partial charge in [-0.15, -0.1) is 0 Å². The number of esters is 1. The number of benzene rings is 2. The van der Waals surface area contributed by atoms with E-state index in [0.29, 0.717) is 36.7 Å². The third-order valence-corrected chi connectivity index (χ3v) is 8.00. The van der Waals surface area contributed by atoms with E-state index >= 15 is 0 Å². The van der Waals surface area contributed by atoms with Gasteiger partial charge in [0.25, 0.3) is 0 Å². The summed E-state index contributed by atoms with van der Waals surface area (Å²) >= 11 is 0. The average Bonchev–Trinajstić information content (AvgIpc) is 3.02. The minimum atomic E-state index is -3.86. The Morgan fingerprint density at radius 3 is 2.45 bits per heavy atom. The zero-order valence-corrected chi connectivity index (χ0v) is 19.9. The molecule has 33 heavy (non-hydrogen) atoms. The summed E-state index contributed by atoms with van der Waals surface area (Å²) in [6.45, 7) is 0.629. The number of hydrogen-bond donors (Lipinski definition) is 1. The van der Waals surface area contributed by atoms with Crippen molar-refractivity contribution in [2.45, 2.75) is 29.2 Å². The second-order valence-electron chi connectivity index (χ2n) is 7.40. The molecule has 2 aromatic rings. The smallest absolute Gasteiger partial charge is 0.307 e. The summed E-state index contributed by atoms with van der Waals surface area (Å²) < 4.78 is 69.1. The van der Waals surface area contributed by atoms with E-state index in [2.05, 4.69) is 4.72 Å². The number of carbonyl (C=O) groups excluding carboxylic acids is 1. The lowest BCUT2D eigenvalue weighted by Crippen LogP contribution is -2.26. The zero-order valence-electron chi connectivity index (χ0n) is 18.3. The van der Waals surface area contributed by atoms with Crippen LogP contribution in [0.4, 0.5) is 0 Å². The highest BCUT2D eigenvalue weighted by Crippen LogP contribution is 2.31. The van der Waals surface area contributed by atoms with Crippen molar-refractivity contribution in [3.8, 4) is 11.5 Å². The summed E-state index contributed by atoms with van der Waals surface area (Å²) in [6.07, 6.45) is 0.506. The van der Waals surface area contributed by atoms with Gasteiger partial charge in [0.1, 0.15) is 6.61 Å². The van der Waals surface area contributed by atoms with Gasteiger partial charge in [0.05, 0.1) is 29.4 Å². The van der Waals surface area contributed by atoms with E-state index in [0.717, 1.165) is 4.31 Å². The zero-order chi connectivity index (χ0) is 24.1. The number of hydrogen-bond acceptors (Lipinski definition) is 8. The lowest BCUT2D eigenvalue weighted by Gasteiger charge is -2.12. The first-order valence-corrected chi connectivity index (χ1v) is 13.1. The van der Waals surface area contributed by atoms with Gasteiger partial charge < -0.3 is 14.2 Å². The summed E-state index contributed by atoms with van der Waals surface area (Å²) in [5.74, 6) is 0.211. The number of fused-ring (bicyclic) bond motifs is 1. The van der Waals surface area contributed by atoms with Crippen molar-refractivity contribution in [2.75, 3.05) is 33.9 Å². The molecule has 0 aliphatic carbocycles. The van der Waals surface area contributed by atoms with Crippen molar-refractivity contribution in [2.24, 2.45) is 0 Å². The second kappa shape index (κ2) is 10.5. The topological polar surface area (TPSA) is 128 Å². The van der Waals surface area contributed by atoms with E-state index in [-0.39, 0.29) is 29.4 Å². The normalized spacial score (nSPS) is 14.0. The van der Waals surface area contributed by atoms with Crippen molar-refractivity contribution >= 4 is 26.0 Å². The Bertz CT molecular complexity index is 1210. The highest BCUT2D eigenvalue weighted by Gasteiger charge is 2.20. The Kier molecular flexibility index (Phi) is 7.95. The summed E-state index contributed by atoms with van der Waals surface area (Å²) in [7, 11) is -4.61. The maximum Gasteiger partial charge on any atom is 0.307 e. The summed E-state index contributed by atoms with van der Waals surface area (Å²) in [5, 5.41) is 0. The molecule has 0 unspecified atom stereocenters. The molecule has 1 aliphatic heterocycles. The Hall–Kier alpha value is -2.67. The number of nitrogens with one attached hydrogen (secondary N) is 1. The molecule has 0 spiro atoms. The van der Waals surface area contributed by atoms with Crippen molar-refractivity contribution in [1.82, 2.24) is 9.03 Å². The average molecular weight is 499 g/mol. The number of nitrogens with zero attached hydrogens (tertiary/aromatic N) is 1. The maximum absolute atomic E-state index is 12.5. The Labute approximate surface area is 193 Å². The molecule has 0 aromatic heterocycles. The predicted octanol–water partition coefficient (Wildman–Crippen LogP) is 1.51. The first kappa shape index (κ1) is 25.0. The first-order chi connectivity index (χ1) is 15.6. The van der Waals surface area contributed by atoms with Crippen LogP contribution in [0.1, 0.15) is 18.4 Å². The highest BCUT2D eigenvalue weighted by atomic mass is 32.2. The van der Waals surface area contributed by atoms with Gasteiger partial charge in [-0.2, -0.15) is 0 Å². The van der Waals surface area contributed by atoms with Crippen LogP contribution in [0, 0.1) is 0 Å². The van der Waals surface area contributed by atoms with Crippen LogP contribution in [0.15, 0.2) is 52.3 Å². The van der Waals surface area contributed by atoms with Gasteiger partial charge >= 0.3 is 5.97 Å². The lowest BCUT2D eigenvalue weighted by atomic mass is 10.2. The van der Waals surface area contributed by atoms with Crippen LogP contribution in [-0.4, -0.2) is 61.0 Å². The van der Waals surface area contributed by atoms with Gasteiger partial charge in [0, 0.05) is 33.1 Å². The number of ether oxygens (including phenoxy) is 3. The largest absolute Gasteiger partial charge is 0.490 e. The minimum Gasteiger partial charge on any atom is -0.490 e. The maximum atomic E-state index is 12.5. The molecule has 2 aromatic carbocycles. The number of sulfonamides is 2. The quantitative estimate of drug-likeness (QED) is 0.515. The van der Waals surface area contributed by atoms with Gasteiger partial charge in [0.15, 0.2) is 11.5 Å². The van der Waals surface area contributed by atoms with Gasteiger partial charge in [-0.3, -0.25) is 4.79 Å². The third kappa shape index (κ3) is 6.44. The highest BCUT2D eigenvalue weighted by molar-refractivity contribution is 7.89. The van der Waals surface area contributed by atoms with E-state index in [9.17, 15) is 21.6 Å². The van der Waals surface area contributed by atoms with Gasteiger partial charge in [-0.25, -0.2) is 25.9 Å². The van der Waals surface area contributed by atoms with Gasteiger partial charge in [0.2, 0.25) is 20.0 Å². The lowest BCUT2D eigenvalue weighted by molar-refractivity contribution is -0.144. The van der Waals surface area contributed by atoms with Crippen LogP contribution in [-0.2, 0) is 36.2 Å². The predicted molar refractivity (Wildman–Crippen MR) is 119 cm³/mol. The van der Waals surface area contributed by atoms with E-state index in [1.54, 1.807) is 12.1 Å². The summed E-state index contributed by atoms with van der Waals surface area (Å²) in [6, 6.07) is 10.4. The molecule has 12 heteroatoms. The van der Waals surface area contributed by atoms with Crippen LogP contribution in [0.3, 0.4) is 0 Å². The van der Waals surface area contributed by atoms with Crippen molar-refractivity contribution in [3.05, 3.63) is 48.0 Å². The van der Waals surface area contributed by atoms with Gasteiger partial charge in [-0.05, 0) is 29.8 Å². The molecule has 0 saturated heterocycles. The second-order valence-corrected chi connectivity index (χ2v) is 11.3. The fourth-order valence-electron chi connectivity index (χ4n) is 2.92. The SMILES string of the molecule is CN(C)S(=O)(=O)c1cccc(COC(=O)CCNS(=O)(=O)c2ccc3c(c2)OCCCO3)c1. The molecule has 1 aliphatic rings. The molecule has 1 N–H and O–H groups in total. The Morgan fingerprint density at radius 1 is 1.00 bits per heavy atom. The van der Waals surface area contributed by atoms with Crippen molar-refractivity contribution in [1.29, 1.82) is 0 Å². The first-order valence-electron chi connectivity index (χ1n) is 10.2. The van der Waals surface area contributed by atoms with Crippen LogP contribution in [0.2, 0.25) is 0 Å². The van der Waals surface area contributed by atoms with Crippen molar-refractivity contribution in [3.63, 3.8) is 0 Å². The molecule has 0 fully saturated rings. The molecule has 0 amide bonds. The Balaban J connectivity index is 1.52. The molecule has 10 nitrogen and oxygen atoms in total. The summed E-state index contributed by atoms with van der Waals surface area (Å²) in [5.41, 5.74) is 0.499. The fraction of sp³-hybridized carbons (Fsp3) is 0.381. The van der Waals surface area contributed by atoms with Gasteiger partial charge in [-0.1, -0.05) is 12.1 Å². The summed E-state index contributed by atoms with van der Waals surface area (Å²) in [4.78, 5) is 12.1. The molecule has 1 heterocycles. The Morgan fingerprint density at radius 2 is 1.73 bits per heavy atom. The molecule has 0 saturated carbocycles. The molecule has 180 valence electrons. The molecule has 0 bridgehead atoms. The molecular formula is C21H26N2O8S2. The number of rotatable bonds is 9. The molecule has 3 rings (SSSR count). The van der Waals surface area contributed by atoms with E-state index < -0.39 is 26.0 Å². The minimum absolute atomic E-state index is 0.000895.